The Labute approximate surface area is 186 Å². The Bertz CT molecular complexity index is 1140. The smallest absolute Gasteiger partial charge is 0.256 e. The third kappa shape index (κ3) is 3.65. The van der Waals surface area contributed by atoms with Gasteiger partial charge in [-0.25, -0.2) is 9.67 Å². The molecule has 1 saturated carbocycles. The molecule has 1 aliphatic rings. The zero-order chi connectivity index (χ0) is 22.2. The number of aryl methyl sites for hydroxylation is 2. The first-order valence-electron chi connectivity index (χ1n) is 10.4. The monoisotopic (exact) mass is 436 g/mol. The maximum atomic E-state index is 13.5. The average molecular weight is 437 g/mol. The number of halogens is 1. The minimum atomic E-state index is -1.07. The number of benzene rings is 1. The second kappa shape index (κ2) is 8.27. The average Bonchev–Trinajstić information content (AvgIpc) is 3.12. The maximum Gasteiger partial charge on any atom is 0.256 e. The van der Waals surface area contributed by atoms with Gasteiger partial charge in [-0.2, -0.15) is 5.10 Å². The largest absolute Gasteiger partial charge is 0.325 e. The van der Waals surface area contributed by atoms with Crippen molar-refractivity contribution in [3.8, 4) is 5.82 Å². The molecule has 0 saturated heterocycles. The molecule has 1 amide bonds. The van der Waals surface area contributed by atoms with E-state index in [2.05, 4.69) is 10.1 Å². The van der Waals surface area contributed by atoms with Crippen molar-refractivity contribution in [2.75, 3.05) is 7.05 Å². The molecule has 0 N–H and O–H groups in total. The molecule has 4 rings (SSSR count). The summed E-state index contributed by atoms with van der Waals surface area (Å²) in [5, 5.41) is 4.93. The highest BCUT2D eigenvalue weighted by molar-refractivity contribution is 6.31. The molecule has 0 spiro atoms. The van der Waals surface area contributed by atoms with Crippen LogP contribution in [0, 0.1) is 13.8 Å². The van der Waals surface area contributed by atoms with Crippen LogP contribution in [0.1, 0.15) is 53.0 Å². The summed E-state index contributed by atoms with van der Waals surface area (Å²) >= 11 is 6.50. The minimum Gasteiger partial charge on any atom is -0.325 e. The van der Waals surface area contributed by atoms with E-state index >= 15 is 0 Å². The van der Waals surface area contributed by atoms with Crippen molar-refractivity contribution in [2.45, 2.75) is 45.1 Å². The molecule has 7 heteroatoms. The highest BCUT2D eigenvalue weighted by atomic mass is 35.5. The lowest BCUT2D eigenvalue weighted by atomic mass is 9.74. The van der Waals surface area contributed by atoms with E-state index in [9.17, 15) is 9.59 Å². The summed E-state index contributed by atoms with van der Waals surface area (Å²) < 4.78 is 1.74. The molecule has 3 aromatic rings. The normalized spacial score (nSPS) is 18.8. The van der Waals surface area contributed by atoms with Crippen LogP contribution < -0.4 is 0 Å². The first kappa shape index (κ1) is 21.2. The van der Waals surface area contributed by atoms with Crippen LogP contribution >= 0.6 is 11.6 Å². The summed E-state index contributed by atoms with van der Waals surface area (Å²) in [5.74, 6) is 0.400. The number of carbonyl (C=O) groups is 2. The Hall–Kier alpha value is -2.99. The molecule has 2 aromatic heterocycles. The molecule has 1 aromatic carbocycles. The van der Waals surface area contributed by atoms with Gasteiger partial charge in [0.1, 0.15) is 5.54 Å². The van der Waals surface area contributed by atoms with Crippen molar-refractivity contribution in [2.24, 2.45) is 0 Å². The number of aromatic nitrogens is 3. The van der Waals surface area contributed by atoms with Crippen LogP contribution in [-0.2, 0) is 10.3 Å². The Balaban J connectivity index is 1.70. The highest BCUT2D eigenvalue weighted by Crippen LogP contribution is 2.42. The third-order valence-corrected chi connectivity index (χ3v) is 6.40. The fourth-order valence-corrected chi connectivity index (χ4v) is 4.79. The molecule has 31 heavy (non-hydrogen) atoms. The van der Waals surface area contributed by atoms with Gasteiger partial charge in [0, 0.05) is 35.9 Å². The van der Waals surface area contributed by atoms with Crippen LogP contribution in [-0.4, -0.2) is 38.4 Å². The molecule has 0 bridgehead atoms. The lowest BCUT2D eigenvalue weighted by molar-refractivity contribution is -0.132. The van der Waals surface area contributed by atoms with E-state index in [-0.39, 0.29) is 11.7 Å². The zero-order valence-corrected chi connectivity index (χ0v) is 18.7. The molecule has 1 fully saturated rings. The van der Waals surface area contributed by atoms with Crippen molar-refractivity contribution in [3.63, 3.8) is 0 Å². The number of hydrogen-bond acceptors (Lipinski definition) is 4. The number of ketones is 1. The van der Waals surface area contributed by atoms with Gasteiger partial charge in [0.05, 0.1) is 11.3 Å². The van der Waals surface area contributed by atoms with Gasteiger partial charge in [-0.15, -0.1) is 0 Å². The van der Waals surface area contributed by atoms with Crippen molar-refractivity contribution in [3.05, 3.63) is 76.2 Å². The van der Waals surface area contributed by atoms with Gasteiger partial charge in [-0.1, -0.05) is 29.8 Å². The molecule has 1 aliphatic carbocycles. The molecular formula is C24H25ClN4O2. The van der Waals surface area contributed by atoms with Gasteiger partial charge in [-0.3, -0.25) is 9.59 Å². The number of hydrogen-bond donors (Lipinski definition) is 0. The van der Waals surface area contributed by atoms with E-state index in [1.807, 2.05) is 38.1 Å². The highest BCUT2D eigenvalue weighted by Gasteiger charge is 2.48. The molecule has 1 atom stereocenters. The summed E-state index contributed by atoms with van der Waals surface area (Å²) in [6.07, 6.45) is 4.20. The lowest BCUT2D eigenvalue weighted by Gasteiger charge is -2.44. The zero-order valence-electron chi connectivity index (χ0n) is 17.9. The fraction of sp³-hybridized carbons (Fsp3) is 0.333. The molecular weight excluding hydrogens is 412 g/mol. The first-order valence-corrected chi connectivity index (χ1v) is 10.8. The Morgan fingerprint density at radius 2 is 1.94 bits per heavy atom. The molecule has 0 aliphatic heterocycles. The van der Waals surface area contributed by atoms with E-state index in [1.165, 1.54) is 6.20 Å². The Morgan fingerprint density at radius 3 is 2.55 bits per heavy atom. The predicted molar refractivity (Wildman–Crippen MR) is 120 cm³/mol. The second-order valence-corrected chi connectivity index (χ2v) is 8.49. The van der Waals surface area contributed by atoms with Crippen molar-refractivity contribution < 1.29 is 9.59 Å². The predicted octanol–water partition coefficient (Wildman–Crippen LogP) is 4.65. The van der Waals surface area contributed by atoms with E-state index in [1.54, 1.807) is 34.8 Å². The van der Waals surface area contributed by atoms with E-state index in [4.69, 9.17) is 11.6 Å². The summed E-state index contributed by atoms with van der Waals surface area (Å²) in [5.41, 5.74) is 1.90. The first-order chi connectivity index (χ1) is 14.8. The number of rotatable bonds is 4. The number of carbonyl (C=O) groups excluding carboxylic acids is 2. The van der Waals surface area contributed by atoms with Crippen LogP contribution in [0.4, 0.5) is 0 Å². The molecule has 160 valence electrons. The van der Waals surface area contributed by atoms with Crippen molar-refractivity contribution >= 4 is 23.3 Å². The van der Waals surface area contributed by atoms with Crippen LogP contribution in [0.5, 0.6) is 0 Å². The number of pyridine rings is 1. The SMILES string of the molecule is Cc1cc(C)n(-c2ccc(C(=O)N(C)C3(c4ccccc4Cl)CCCCC3=O)cn2)n1. The quantitative estimate of drug-likeness (QED) is 0.597. The fourth-order valence-electron chi connectivity index (χ4n) is 4.50. The Kier molecular flexibility index (Phi) is 5.67. The number of amides is 1. The lowest BCUT2D eigenvalue weighted by Crippen LogP contribution is -2.54. The molecule has 0 radical (unpaired) electrons. The van der Waals surface area contributed by atoms with Gasteiger partial charge in [0.25, 0.3) is 5.91 Å². The minimum absolute atomic E-state index is 0.0231. The Morgan fingerprint density at radius 1 is 1.16 bits per heavy atom. The molecule has 1 unspecified atom stereocenters. The van der Waals surface area contributed by atoms with Crippen molar-refractivity contribution in [1.29, 1.82) is 0 Å². The summed E-state index contributed by atoms with van der Waals surface area (Å²) in [4.78, 5) is 32.7. The third-order valence-electron chi connectivity index (χ3n) is 6.07. The summed E-state index contributed by atoms with van der Waals surface area (Å²) in [7, 11) is 1.68. The molecule has 2 heterocycles. The standard InChI is InChI=1S/C24H25ClN4O2/c1-16-14-17(2)29(27-16)22-12-11-18(15-26-22)23(31)28(3)24(13-7-6-10-21(24)30)19-8-4-5-9-20(19)25/h4-5,8-9,11-12,14-15H,6-7,10,13H2,1-3H3. The van der Waals surface area contributed by atoms with Crippen LogP contribution in [0.3, 0.4) is 0 Å². The van der Waals surface area contributed by atoms with Gasteiger partial charge < -0.3 is 4.90 Å². The van der Waals surface area contributed by atoms with E-state index in [0.717, 1.165) is 24.2 Å². The summed E-state index contributed by atoms with van der Waals surface area (Å²) in [6.45, 7) is 3.88. The van der Waals surface area contributed by atoms with Crippen LogP contribution in [0.2, 0.25) is 5.02 Å². The van der Waals surface area contributed by atoms with Gasteiger partial charge in [0.15, 0.2) is 11.6 Å². The second-order valence-electron chi connectivity index (χ2n) is 8.08. The van der Waals surface area contributed by atoms with Crippen LogP contribution in [0.15, 0.2) is 48.7 Å². The number of likely N-dealkylation sites (N-methyl/N-ethyl adjacent to an activating group) is 1. The maximum absolute atomic E-state index is 13.5. The van der Waals surface area contributed by atoms with Crippen molar-refractivity contribution in [1.82, 2.24) is 19.7 Å². The number of Topliss-reactive ketones (excluding diaryl/α,β-unsaturated/α-hetero) is 1. The van der Waals surface area contributed by atoms with Gasteiger partial charge in [0.2, 0.25) is 0 Å². The van der Waals surface area contributed by atoms with E-state index < -0.39 is 5.54 Å². The van der Waals surface area contributed by atoms with Gasteiger partial charge in [-0.05, 0) is 57.4 Å². The van der Waals surface area contributed by atoms with Gasteiger partial charge >= 0.3 is 0 Å². The topological polar surface area (TPSA) is 68.1 Å². The number of nitrogens with zero attached hydrogens (tertiary/aromatic N) is 4. The molecule has 6 nitrogen and oxygen atoms in total. The van der Waals surface area contributed by atoms with E-state index in [0.29, 0.717) is 34.8 Å². The van der Waals surface area contributed by atoms with Crippen LogP contribution in [0.25, 0.3) is 5.82 Å². The summed E-state index contributed by atoms with van der Waals surface area (Å²) in [6, 6.07) is 12.8.